The Hall–Kier alpha value is -2.03. The van der Waals surface area contributed by atoms with Crippen molar-refractivity contribution in [1.82, 2.24) is 0 Å². The first-order valence-corrected chi connectivity index (χ1v) is 6.49. The molecule has 100 valence electrons. The standard InChI is InChI=1S/C16H21N2O/c1-17-12-5-4-6-14(17)11-13-18(2)15-7-9-16(19-3)10-8-15/h4-10,12H,11,13H2,1-3H3/q+1. The lowest BCUT2D eigenvalue weighted by atomic mass is 10.2. The third kappa shape index (κ3) is 3.47. The van der Waals surface area contributed by atoms with Gasteiger partial charge in [-0.2, -0.15) is 0 Å². The van der Waals surface area contributed by atoms with Crippen molar-refractivity contribution in [2.24, 2.45) is 7.05 Å². The molecule has 1 aromatic heterocycles. The minimum atomic E-state index is 0.895. The molecule has 0 aliphatic carbocycles. The van der Waals surface area contributed by atoms with Crippen molar-refractivity contribution in [2.75, 3.05) is 25.6 Å². The van der Waals surface area contributed by atoms with E-state index in [2.05, 4.69) is 60.1 Å². The second-order valence-electron chi connectivity index (χ2n) is 4.67. The van der Waals surface area contributed by atoms with Gasteiger partial charge < -0.3 is 9.64 Å². The van der Waals surface area contributed by atoms with Crippen LogP contribution in [-0.4, -0.2) is 20.7 Å². The third-order valence-electron chi connectivity index (χ3n) is 3.38. The molecule has 1 heterocycles. The molecule has 0 saturated heterocycles. The van der Waals surface area contributed by atoms with Gasteiger partial charge in [0.15, 0.2) is 11.9 Å². The number of hydrogen-bond donors (Lipinski definition) is 0. The highest BCUT2D eigenvalue weighted by molar-refractivity contribution is 5.48. The van der Waals surface area contributed by atoms with Crippen LogP contribution in [-0.2, 0) is 13.5 Å². The maximum Gasteiger partial charge on any atom is 0.182 e. The number of hydrogen-bond acceptors (Lipinski definition) is 2. The Balaban J connectivity index is 1.97. The van der Waals surface area contributed by atoms with Gasteiger partial charge in [0, 0.05) is 37.8 Å². The number of anilines is 1. The molecule has 0 saturated carbocycles. The molecule has 0 spiro atoms. The Bertz CT molecular complexity index is 523. The molecule has 2 rings (SSSR count). The number of ether oxygens (including phenoxy) is 1. The number of nitrogens with zero attached hydrogens (tertiary/aromatic N) is 2. The van der Waals surface area contributed by atoms with Gasteiger partial charge in [-0.1, -0.05) is 6.07 Å². The van der Waals surface area contributed by atoms with Gasteiger partial charge in [-0.3, -0.25) is 0 Å². The van der Waals surface area contributed by atoms with Gasteiger partial charge in [-0.15, -0.1) is 0 Å². The zero-order valence-electron chi connectivity index (χ0n) is 11.8. The van der Waals surface area contributed by atoms with Gasteiger partial charge in [0.05, 0.1) is 7.11 Å². The van der Waals surface area contributed by atoms with Crippen LogP contribution >= 0.6 is 0 Å². The maximum atomic E-state index is 5.17. The SMILES string of the molecule is COc1ccc(N(C)CCc2cccc[n+]2C)cc1. The number of rotatable bonds is 5. The van der Waals surface area contributed by atoms with Crippen LogP contribution in [0.15, 0.2) is 48.7 Å². The summed E-state index contributed by atoms with van der Waals surface area (Å²) in [6.45, 7) is 0.990. The Kier molecular flexibility index (Phi) is 4.39. The molecular formula is C16H21N2O+. The van der Waals surface area contributed by atoms with Crippen molar-refractivity contribution < 1.29 is 9.30 Å². The van der Waals surface area contributed by atoms with Crippen molar-refractivity contribution in [2.45, 2.75) is 6.42 Å². The van der Waals surface area contributed by atoms with E-state index < -0.39 is 0 Å². The lowest BCUT2D eigenvalue weighted by molar-refractivity contribution is -0.679. The number of methoxy groups -OCH3 is 1. The fraction of sp³-hybridized carbons (Fsp3) is 0.312. The van der Waals surface area contributed by atoms with Gasteiger partial charge in [0.1, 0.15) is 12.8 Å². The van der Waals surface area contributed by atoms with Crippen LogP contribution in [0, 0.1) is 0 Å². The Labute approximate surface area is 115 Å². The minimum Gasteiger partial charge on any atom is -0.497 e. The molecule has 0 bridgehead atoms. The molecule has 0 unspecified atom stereocenters. The van der Waals surface area contributed by atoms with Crippen molar-refractivity contribution in [3.63, 3.8) is 0 Å². The summed E-state index contributed by atoms with van der Waals surface area (Å²) in [4.78, 5) is 2.26. The lowest BCUT2D eigenvalue weighted by Crippen LogP contribution is -2.34. The van der Waals surface area contributed by atoms with Crippen molar-refractivity contribution in [3.8, 4) is 5.75 Å². The number of benzene rings is 1. The predicted molar refractivity (Wildman–Crippen MR) is 77.6 cm³/mol. The van der Waals surface area contributed by atoms with E-state index in [0.717, 1.165) is 18.7 Å². The summed E-state index contributed by atoms with van der Waals surface area (Å²) in [7, 11) is 5.89. The van der Waals surface area contributed by atoms with Gasteiger partial charge >= 0.3 is 0 Å². The summed E-state index contributed by atoms with van der Waals surface area (Å²) in [6, 6.07) is 14.5. The van der Waals surface area contributed by atoms with Gasteiger partial charge in [0.2, 0.25) is 0 Å². The van der Waals surface area contributed by atoms with E-state index in [1.807, 2.05) is 12.1 Å². The third-order valence-corrected chi connectivity index (χ3v) is 3.38. The van der Waals surface area contributed by atoms with Gasteiger partial charge in [0.25, 0.3) is 0 Å². The Morgan fingerprint density at radius 2 is 1.84 bits per heavy atom. The van der Waals surface area contributed by atoms with E-state index in [1.165, 1.54) is 11.4 Å². The van der Waals surface area contributed by atoms with E-state index in [0.29, 0.717) is 0 Å². The fourth-order valence-electron chi connectivity index (χ4n) is 2.07. The fourth-order valence-corrected chi connectivity index (χ4v) is 2.07. The average Bonchev–Trinajstić information content (AvgIpc) is 2.46. The van der Waals surface area contributed by atoms with Crippen molar-refractivity contribution >= 4 is 5.69 Å². The average molecular weight is 257 g/mol. The normalized spacial score (nSPS) is 10.3. The highest BCUT2D eigenvalue weighted by Gasteiger charge is 2.07. The van der Waals surface area contributed by atoms with Gasteiger partial charge in [-0.25, -0.2) is 4.57 Å². The Morgan fingerprint density at radius 1 is 1.11 bits per heavy atom. The minimum absolute atomic E-state index is 0.895. The summed E-state index contributed by atoms with van der Waals surface area (Å²) in [5.74, 6) is 0.895. The molecular weight excluding hydrogens is 236 g/mol. The van der Waals surface area contributed by atoms with E-state index in [1.54, 1.807) is 7.11 Å². The first-order chi connectivity index (χ1) is 9.20. The first-order valence-electron chi connectivity index (χ1n) is 6.49. The topological polar surface area (TPSA) is 16.4 Å². The largest absolute Gasteiger partial charge is 0.497 e. The van der Waals surface area contributed by atoms with Crippen molar-refractivity contribution in [3.05, 3.63) is 54.4 Å². The molecule has 0 atom stereocenters. The number of pyridine rings is 1. The molecule has 0 aliphatic rings. The van der Waals surface area contributed by atoms with Crippen LogP contribution in [0.5, 0.6) is 5.75 Å². The number of aromatic nitrogens is 1. The van der Waals surface area contributed by atoms with Crippen molar-refractivity contribution in [1.29, 1.82) is 0 Å². The zero-order chi connectivity index (χ0) is 13.7. The second kappa shape index (κ2) is 6.23. The molecule has 0 radical (unpaired) electrons. The van der Waals surface area contributed by atoms with Crippen LogP contribution in [0.25, 0.3) is 0 Å². The number of aryl methyl sites for hydroxylation is 1. The molecule has 2 aromatic rings. The second-order valence-corrected chi connectivity index (χ2v) is 4.67. The predicted octanol–water partition coefficient (Wildman–Crippen LogP) is 2.20. The number of likely N-dealkylation sites (N-methyl/N-ethyl adjacent to an activating group) is 1. The Morgan fingerprint density at radius 3 is 2.47 bits per heavy atom. The molecule has 3 nitrogen and oxygen atoms in total. The quantitative estimate of drug-likeness (QED) is 0.764. The van der Waals surface area contributed by atoms with E-state index in [-0.39, 0.29) is 0 Å². The summed E-state index contributed by atoms with van der Waals surface area (Å²) >= 11 is 0. The molecule has 0 amide bonds. The van der Waals surface area contributed by atoms with Crippen LogP contribution in [0.3, 0.4) is 0 Å². The van der Waals surface area contributed by atoms with Crippen LogP contribution in [0.1, 0.15) is 5.69 Å². The van der Waals surface area contributed by atoms with E-state index >= 15 is 0 Å². The van der Waals surface area contributed by atoms with Crippen LogP contribution in [0.2, 0.25) is 0 Å². The zero-order valence-corrected chi connectivity index (χ0v) is 11.8. The summed E-state index contributed by atoms with van der Waals surface area (Å²) in [6.07, 6.45) is 3.11. The first kappa shape index (κ1) is 13.4. The van der Waals surface area contributed by atoms with E-state index in [9.17, 15) is 0 Å². The monoisotopic (exact) mass is 257 g/mol. The molecule has 1 aromatic carbocycles. The molecule has 0 aliphatic heterocycles. The molecule has 3 heteroatoms. The summed E-state index contributed by atoms with van der Waals surface area (Å²) < 4.78 is 7.34. The maximum absolute atomic E-state index is 5.17. The highest BCUT2D eigenvalue weighted by Crippen LogP contribution is 2.18. The lowest BCUT2D eigenvalue weighted by Gasteiger charge is -2.18. The van der Waals surface area contributed by atoms with Crippen LogP contribution in [0.4, 0.5) is 5.69 Å². The van der Waals surface area contributed by atoms with Gasteiger partial charge in [-0.05, 0) is 24.3 Å². The summed E-state index contributed by atoms with van der Waals surface area (Å²) in [5, 5.41) is 0. The van der Waals surface area contributed by atoms with Crippen LogP contribution < -0.4 is 14.2 Å². The highest BCUT2D eigenvalue weighted by atomic mass is 16.5. The van der Waals surface area contributed by atoms with E-state index in [4.69, 9.17) is 4.74 Å². The molecule has 0 fully saturated rings. The summed E-state index contributed by atoms with van der Waals surface area (Å²) in [5.41, 5.74) is 2.54. The molecule has 0 N–H and O–H groups in total. The smallest absolute Gasteiger partial charge is 0.182 e. The molecule has 19 heavy (non-hydrogen) atoms.